The molecule has 0 heterocycles. The van der Waals surface area contributed by atoms with E-state index in [2.05, 4.69) is 53.9 Å². The average Bonchev–Trinajstić information content (AvgIpc) is 2.21. The molecule has 0 saturated carbocycles. The Morgan fingerprint density at radius 1 is 1.33 bits per heavy atom. The second-order valence-electron chi connectivity index (χ2n) is 4.12. The zero-order chi connectivity index (χ0) is 11.3. The third kappa shape index (κ3) is 4.38. The molecule has 0 aliphatic carbocycles. The fraction of sp³-hybridized carbons (Fsp3) is 0.500. The van der Waals surface area contributed by atoms with Crippen LogP contribution in [0.1, 0.15) is 20.3 Å². The fourth-order valence-electron chi connectivity index (χ4n) is 1.20. The highest BCUT2D eigenvalue weighted by atomic mass is 127. The number of methoxy groups -OCH3 is 1. The van der Waals surface area contributed by atoms with Crippen molar-refractivity contribution in [2.45, 2.75) is 25.9 Å². The number of benzene rings is 1. The Morgan fingerprint density at radius 3 is 2.60 bits per heavy atom. The van der Waals surface area contributed by atoms with Crippen LogP contribution < -0.4 is 5.32 Å². The molecule has 1 aromatic carbocycles. The van der Waals surface area contributed by atoms with Gasteiger partial charge in [0.05, 0.1) is 5.60 Å². The minimum absolute atomic E-state index is 0.0484. The van der Waals surface area contributed by atoms with E-state index in [1.165, 1.54) is 9.26 Å². The Balaban J connectivity index is 2.42. The quantitative estimate of drug-likeness (QED) is 0.839. The molecule has 0 aliphatic heterocycles. The van der Waals surface area contributed by atoms with E-state index in [-0.39, 0.29) is 5.60 Å². The van der Waals surface area contributed by atoms with Gasteiger partial charge >= 0.3 is 0 Å². The van der Waals surface area contributed by atoms with E-state index in [9.17, 15) is 0 Å². The van der Waals surface area contributed by atoms with Gasteiger partial charge in [0.2, 0.25) is 0 Å². The van der Waals surface area contributed by atoms with Crippen LogP contribution in [0.25, 0.3) is 0 Å². The van der Waals surface area contributed by atoms with E-state index in [0.717, 1.165) is 13.0 Å². The van der Waals surface area contributed by atoms with Crippen molar-refractivity contribution in [1.29, 1.82) is 0 Å². The molecule has 0 spiro atoms. The SMILES string of the molecule is COC(C)(C)CCNc1ccccc1I. The summed E-state index contributed by atoms with van der Waals surface area (Å²) in [6.45, 7) is 5.14. The number of ether oxygens (including phenoxy) is 1. The molecule has 0 amide bonds. The number of para-hydroxylation sites is 1. The van der Waals surface area contributed by atoms with Crippen LogP contribution in [0.4, 0.5) is 5.69 Å². The number of halogens is 1. The first-order valence-electron chi connectivity index (χ1n) is 5.09. The maximum Gasteiger partial charge on any atom is 0.0639 e. The fourth-order valence-corrected chi connectivity index (χ4v) is 1.78. The minimum atomic E-state index is -0.0484. The van der Waals surface area contributed by atoms with Crippen molar-refractivity contribution in [1.82, 2.24) is 0 Å². The maximum absolute atomic E-state index is 5.36. The molecule has 1 aromatic rings. The van der Waals surface area contributed by atoms with E-state index in [1.807, 2.05) is 12.1 Å². The standard InChI is InChI=1S/C12H18INO/c1-12(2,15-3)8-9-14-11-7-5-4-6-10(11)13/h4-7,14H,8-9H2,1-3H3. The monoisotopic (exact) mass is 319 g/mol. The van der Waals surface area contributed by atoms with E-state index in [0.29, 0.717) is 0 Å². The molecule has 1 rings (SSSR count). The predicted molar refractivity (Wildman–Crippen MR) is 73.4 cm³/mol. The topological polar surface area (TPSA) is 21.3 Å². The van der Waals surface area contributed by atoms with Crippen LogP contribution in [-0.4, -0.2) is 19.3 Å². The molecule has 15 heavy (non-hydrogen) atoms. The molecule has 1 N–H and O–H groups in total. The van der Waals surface area contributed by atoms with Crippen molar-refractivity contribution < 1.29 is 4.74 Å². The zero-order valence-electron chi connectivity index (χ0n) is 9.51. The smallest absolute Gasteiger partial charge is 0.0639 e. The van der Waals surface area contributed by atoms with Crippen molar-refractivity contribution in [3.8, 4) is 0 Å². The Bertz CT molecular complexity index is 312. The van der Waals surface area contributed by atoms with Gasteiger partial charge in [0.1, 0.15) is 0 Å². The predicted octanol–water partition coefficient (Wildman–Crippen LogP) is 3.52. The van der Waals surface area contributed by atoms with Gasteiger partial charge in [-0.3, -0.25) is 0 Å². The minimum Gasteiger partial charge on any atom is -0.384 e. The lowest BCUT2D eigenvalue weighted by molar-refractivity contribution is 0.0185. The Labute approximate surface area is 106 Å². The highest BCUT2D eigenvalue weighted by Crippen LogP contribution is 2.18. The van der Waals surface area contributed by atoms with Crippen molar-refractivity contribution in [3.63, 3.8) is 0 Å². The van der Waals surface area contributed by atoms with Crippen molar-refractivity contribution in [2.75, 3.05) is 19.0 Å². The first kappa shape index (κ1) is 12.8. The molecule has 0 radical (unpaired) electrons. The molecule has 0 unspecified atom stereocenters. The summed E-state index contributed by atoms with van der Waals surface area (Å²) in [6, 6.07) is 8.30. The number of rotatable bonds is 5. The summed E-state index contributed by atoms with van der Waals surface area (Å²) in [6.07, 6.45) is 0.995. The van der Waals surface area contributed by atoms with Gasteiger partial charge in [-0.05, 0) is 55.0 Å². The largest absolute Gasteiger partial charge is 0.384 e. The lowest BCUT2D eigenvalue weighted by Gasteiger charge is -2.23. The summed E-state index contributed by atoms with van der Waals surface area (Å²) in [7, 11) is 1.76. The van der Waals surface area contributed by atoms with Gasteiger partial charge in [-0.1, -0.05) is 12.1 Å². The van der Waals surface area contributed by atoms with E-state index < -0.39 is 0 Å². The third-order valence-electron chi connectivity index (χ3n) is 2.47. The van der Waals surface area contributed by atoms with E-state index in [4.69, 9.17) is 4.74 Å². The van der Waals surface area contributed by atoms with Gasteiger partial charge in [-0.2, -0.15) is 0 Å². The molecular weight excluding hydrogens is 301 g/mol. The van der Waals surface area contributed by atoms with Crippen LogP contribution >= 0.6 is 22.6 Å². The summed E-state index contributed by atoms with van der Waals surface area (Å²) in [5, 5.41) is 3.42. The van der Waals surface area contributed by atoms with Gasteiger partial charge in [-0.25, -0.2) is 0 Å². The second-order valence-corrected chi connectivity index (χ2v) is 5.28. The zero-order valence-corrected chi connectivity index (χ0v) is 11.7. The van der Waals surface area contributed by atoms with Gasteiger partial charge in [-0.15, -0.1) is 0 Å². The first-order chi connectivity index (χ1) is 7.05. The van der Waals surface area contributed by atoms with Crippen LogP contribution in [0.5, 0.6) is 0 Å². The maximum atomic E-state index is 5.36. The van der Waals surface area contributed by atoms with Crippen LogP contribution in [0.3, 0.4) is 0 Å². The van der Waals surface area contributed by atoms with Crippen LogP contribution in [0.2, 0.25) is 0 Å². The van der Waals surface area contributed by atoms with Gasteiger partial charge in [0.15, 0.2) is 0 Å². The molecular formula is C12H18INO. The third-order valence-corrected chi connectivity index (χ3v) is 3.41. The Kier molecular flexibility index (Phi) is 4.86. The number of nitrogens with one attached hydrogen (secondary N) is 1. The summed E-state index contributed by atoms with van der Waals surface area (Å²) < 4.78 is 6.62. The molecule has 0 aromatic heterocycles. The van der Waals surface area contributed by atoms with Crippen molar-refractivity contribution >= 4 is 28.3 Å². The molecule has 0 bridgehead atoms. The van der Waals surface area contributed by atoms with Crippen molar-refractivity contribution in [2.24, 2.45) is 0 Å². The Morgan fingerprint density at radius 2 is 2.00 bits per heavy atom. The summed E-state index contributed by atoms with van der Waals surface area (Å²) in [5.74, 6) is 0. The van der Waals surface area contributed by atoms with Gasteiger partial charge < -0.3 is 10.1 Å². The molecule has 0 aliphatic rings. The van der Waals surface area contributed by atoms with Gasteiger partial charge in [0.25, 0.3) is 0 Å². The lowest BCUT2D eigenvalue weighted by atomic mass is 10.1. The molecule has 2 nitrogen and oxygen atoms in total. The summed E-state index contributed by atoms with van der Waals surface area (Å²) in [4.78, 5) is 0. The van der Waals surface area contributed by atoms with E-state index in [1.54, 1.807) is 7.11 Å². The highest BCUT2D eigenvalue weighted by molar-refractivity contribution is 14.1. The van der Waals surface area contributed by atoms with E-state index >= 15 is 0 Å². The summed E-state index contributed by atoms with van der Waals surface area (Å²) >= 11 is 2.34. The Hall–Kier alpha value is -0.290. The molecule has 0 saturated heterocycles. The molecule has 84 valence electrons. The number of anilines is 1. The van der Waals surface area contributed by atoms with Crippen LogP contribution in [0.15, 0.2) is 24.3 Å². The van der Waals surface area contributed by atoms with Gasteiger partial charge in [0, 0.05) is 22.9 Å². The number of hydrogen-bond donors (Lipinski definition) is 1. The second kappa shape index (κ2) is 5.70. The van der Waals surface area contributed by atoms with Crippen LogP contribution in [0, 0.1) is 3.57 Å². The molecule has 3 heteroatoms. The van der Waals surface area contributed by atoms with Crippen LogP contribution in [-0.2, 0) is 4.74 Å². The number of hydrogen-bond acceptors (Lipinski definition) is 2. The normalized spacial score (nSPS) is 11.5. The average molecular weight is 319 g/mol. The van der Waals surface area contributed by atoms with Crippen molar-refractivity contribution in [3.05, 3.63) is 27.8 Å². The molecule has 0 fully saturated rings. The summed E-state index contributed by atoms with van der Waals surface area (Å²) in [5.41, 5.74) is 1.15. The first-order valence-corrected chi connectivity index (χ1v) is 6.16. The molecule has 0 atom stereocenters. The lowest BCUT2D eigenvalue weighted by Crippen LogP contribution is -2.25. The highest BCUT2D eigenvalue weighted by Gasteiger charge is 2.15.